The minimum atomic E-state index is -2.88. The summed E-state index contributed by atoms with van der Waals surface area (Å²) >= 11 is 0. The quantitative estimate of drug-likeness (QED) is 0.106. The molecule has 1 amide bonds. The van der Waals surface area contributed by atoms with Gasteiger partial charge in [-0.25, -0.2) is 9.78 Å². The smallest absolute Gasteiger partial charge is 0.445 e. The average molecular weight is 930 g/mol. The van der Waals surface area contributed by atoms with Crippen LogP contribution in [0.2, 0.25) is 5.04 Å². The number of ether oxygens (including phenoxy) is 1. The third-order valence-electron chi connectivity index (χ3n) is 14.3. The first-order chi connectivity index (χ1) is 32.2. The molecule has 4 aromatic carbocycles. The van der Waals surface area contributed by atoms with E-state index in [9.17, 15) is 10.1 Å². The first kappa shape index (κ1) is 48.7. The summed E-state index contributed by atoms with van der Waals surface area (Å²) in [5.41, 5.74) is 3.49. The highest BCUT2D eigenvalue weighted by Crippen LogP contribution is 2.44. The lowest BCUT2D eigenvalue weighted by molar-refractivity contribution is 0.00578. The van der Waals surface area contributed by atoms with Gasteiger partial charge in [0.25, 0.3) is 8.32 Å². The summed E-state index contributed by atoms with van der Waals surface area (Å²) in [4.78, 5) is 22.0. The van der Waals surface area contributed by atoms with Crippen molar-refractivity contribution < 1.29 is 23.3 Å². The number of carbonyl (C=O) groups excluding carboxylic acids is 1. The predicted molar refractivity (Wildman–Crippen MR) is 277 cm³/mol. The summed E-state index contributed by atoms with van der Waals surface area (Å²) in [6.07, 6.45) is 2.19. The number of fused-ring (bicyclic) bond motifs is 1. The number of hydrogen-bond acceptors (Lipinski definition) is 8. The zero-order chi connectivity index (χ0) is 48.7. The zero-order valence-corrected chi connectivity index (χ0v) is 42.9. The van der Waals surface area contributed by atoms with E-state index in [-0.39, 0.29) is 23.2 Å². The van der Waals surface area contributed by atoms with E-state index in [1.54, 1.807) is 4.90 Å². The van der Waals surface area contributed by atoms with Crippen LogP contribution in [0, 0.1) is 16.7 Å². The highest BCUT2D eigenvalue weighted by molar-refractivity contribution is 6.99. The van der Waals surface area contributed by atoms with Crippen molar-refractivity contribution in [2.45, 2.75) is 111 Å². The number of rotatable bonds is 13. The summed E-state index contributed by atoms with van der Waals surface area (Å²) in [5.74, 6) is 0.810. The highest BCUT2D eigenvalue weighted by atomic mass is 28.4. The molecule has 0 saturated carbocycles. The molecular formula is C56H68BN5O5Si. The predicted octanol–water partition coefficient (Wildman–Crippen LogP) is 9.87. The molecule has 0 bridgehead atoms. The summed E-state index contributed by atoms with van der Waals surface area (Å²) in [6.45, 7) is 26.8. The number of hydrogen-bond donors (Lipinski definition) is 0. The van der Waals surface area contributed by atoms with E-state index in [1.807, 2.05) is 50.4 Å². The van der Waals surface area contributed by atoms with Crippen LogP contribution in [-0.2, 0) is 37.0 Å². The molecule has 10 nitrogen and oxygen atoms in total. The Hall–Kier alpha value is -5.71. The molecule has 2 aliphatic heterocycles. The summed E-state index contributed by atoms with van der Waals surface area (Å²) < 4.78 is 28.8. The largest absolute Gasteiger partial charge is 0.494 e. The molecule has 0 radical (unpaired) electrons. The standard InChI is InChI=1S/C56H68BN5O5Si/c1-52(2,3)68(44-23-17-13-18-24-44,45-25-19-14-20-26-45)65-40-53(4,5)37-47-46-36-43(57-66-55(8,9)56(10,11)67-57)27-28-48(46)62(54(6,7)39-58)50(47)42-29-30-59-49(35-42)60-31-33-61(34-32-60)51(63)64-38-41-21-15-12-16-22-41/h12-30,35-36H,31-34,37-38,40H2,1-11H3. The van der Waals surface area contributed by atoms with E-state index >= 15 is 0 Å². The van der Waals surface area contributed by atoms with Crippen molar-refractivity contribution in [3.8, 4) is 17.3 Å². The fourth-order valence-electron chi connectivity index (χ4n) is 9.87. The summed E-state index contributed by atoms with van der Waals surface area (Å²) in [6, 6.07) is 44.7. The van der Waals surface area contributed by atoms with Crippen LogP contribution in [-0.4, -0.2) is 80.0 Å². The molecule has 0 aliphatic carbocycles. The van der Waals surface area contributed by atoms with Gasteiger partial charge in [-0.15, -0.1) is 0 Å². The number of anilines is 1. The van der Waals surface area contributed by atoms with Crippen molar-refractivity contribution in [2.75, 3.05) is 37.7 Å². The number of benzene rings is 4. The Bertz CT molecular complexity index is 2720. The van der Waals surface area contributed by atoms with Crippen LogP contribution in [0.3, 0.4) is 0 Å². The Balaban J connectivity index is 1.20. The molecular weight excluding hydrogens is 862 g/mol. The number of piperazine rings is 1. The maximum absolute atomic E-state index is 13.1. The van der Waals surface area contributed by atoms with Crippen molar-refractivity contribution in [3.63, 3.8) is 0 Å². The fraction of sp³-hybridized carbons (Fsp3) is 0.411. The van der Waals surface area contributed by atoms with Crippen LogP contribution in [0.5, 0.6) is 0 Å². The van der Waals surface area contributed by atoms with Crippen molar-refractivity contribution >= 4 is 54.1 Å². The molecule has 2 aromatic heterocycles. The Morgan fingerprint density at radius 3 is 1.91 bits per heavy atom. The van der Waals surface area contributed by atoms with Gasteiger partial charge in [0, 0.05) is 49.9 Å². The molecule has 0 atom stereocenters. The lowest BCUT2D eigenvalue weighted by Gasteiger charge is -2.44. The number of aromatic nitrogens is 2. The molecule has 2 saturated heterocycles. The van der Waals surface area contributed by atoms with Gasteiger partial charge in [-0.1, -0.05) is 138 Å². The van der Waals surface area contributed by atoms with Gasteiger partial charge in [0.15, 0.2) is 0 Å². The molecule has 2 aliphatic rings. The van der Waals surface area contributed by atoms with Crippen LogP contribution >= 0.6 is 0 Å². The minimum absolute atomic E-state index is 0.192. The van der Waals surface area contributed by atoms with Crippen molar-refractivity contribution in [2.24, 2.45) is 5.41 Å². The maximum Gasteiger partial charge on any atom is 0.494 e. The van der Waals surface area contributed by atoms with Gasteiger partial charge in [0.1, 0.15) is 18.0 Å². The Morgan fingerprint density at radius 2 is 1.35 bits per heavy atom. The van der Waals surface area contributed by atoms with Gasteiger partial charge >= 0.3 is 13.2 Å². The second-order valence-corrected chi connectivity index (χ2v) is 26.2. The summed E-state index contributed by atoms with van der Waals surface area (Å²) in [5, 5.41) is 14.3. The van der Waals surface area contributed by atoms with Crippen molar-refractivity contribution in [1.82, 2.24) is 14.5 Å². The monoisotopic (exact) mass is 930 g/mol. The first-order valence-corrected chi connectivity index (χ1v) is 25.9. The molecule has 6 aromatic rings. The SMILES string of the molecule is CC(C)(CO[Si](c1ccccc1)(c1ccccc1)C(C)(C)C)Cc1c(-c2ccnc(N3CCN(C(=O)OCc4ccccc4)CC3)c2)n(C(C)(C)C#N)c2ccc(B3OC(C)(C)C(C)(C)O3)cc12. The number of nitriles is 1. The summed E-state index contributed by atoms with van der Waals surface area (Å²) in [7, 11) is -3.45. The number of nitrogens with zero attached hydrogens (tertiary/aromatic N) is 5. The van der Waals surface area contributed by atoms with E-state index in [4.69, 9.17) is 23.5 Å². The van der Waals surface area contributed by atoms with E-state index < -0.39 is 32.2 Å². The van der Waals surface area contributed by atoms with Gasteiger partial charge in [0.05, 0.1) is 28.5 Å². The third-order valence-corrected chi connectivity index (χ3v) is 19.3. The molecule has 12 heteroatoms. The van der Waals surface area contributed by atoms with Gasteiger partial charge in [-0.3, -0.25) is 0 Å². The minimum Gasteiger partial charge on any atom is -0.445 e. The average Bonchev–Trinajstić information content (AvgIpc) is 3.76. The van der Waals surface area contributed by atoms with Crippen molar-refractivity contribution in [3.05, 3.63) is 139 Å². The topological polar surface area (TPSA) is 102 Å². The fourth-order valence-corrected chi connectivity index (χ4v) is 14.6. The molecule has 0 N–H and O–H groups in total. The number of pyridine rings is 1. The highest BCUT2D eigenvalue weighted by Gasteiger charge is 2.53. The van der Waals surface area contributed by atoms with Crippen LogP contribution < -0.4 is 20.7 Å². The first-order valence-electron chi connectivity index (χ1n) is 24.0. The molecule has 68 heavy (non-hydrogen) atoms. The second-order valence-electron chi connectivity index (χ2n) is 21.9. The lowest BCUT2D eigenvalue weighted by atomic mass is 9.77. The van der Waals surface area contributed by atoms with Crippen LogP contribution in [0.25, 0.3) is 22.2 Å². The van der Waals surface area contributed by atoms with E-state index in [2.05, 4.69) is 169 Å². The maximum atomic E-state index is 13.1. The zero-order valence-electron chi connectivity index (χ0n) is 41.9. The molecule has 2 fully saturated rings. The Labute approximate surface area is 405 Å². The molecule has 8 rings (SSSR count). The molecule has 4 heterocycles. The van der Waals surface area contributed by atoms with E-state index in [1.165, 1.54) is 10.4 Å². The van der Waals surface area contributed by atoms with E-state index in [0.29, 0.717) is 39.2 Å². The molecule has 0 spiro atoms. The Morgan fingerprint density at radius 1 is 0.779 bits per heavy atom. The Kier molecular flexibility index (Phi) is 13.4. The van der Waals surface area contributed by atoms with Gasteiger partial charge in [-0.05, 0) is 104 Å². The van der Waals surface area contributed by atoms with Crippen LogP contribution in [0.1, 0.15) is 87.3 Å². The second kappa shape index (κ2) is 18.7. The van der Waals surface area contributed by atoms with Gasteiger partial charge in [-0.2, -0.15) is 5.26 Å². The number of amides is 1. The van der Waals surface area contributed by atoms with Crippen LogP contribution in [0.4, 0.5) is 10.6 Å². The van der Waals surface area contributed by atoms with Crippen LogP contribution in [0.15, 0.2) is 128 Å². The molecule has 0 unspecified atom stereocenters. The number of carbonyl (C=O) groups is 1. The third kappa shape index (κ3) is 9.51. The molecule has 354 valence electrons. The lowest BCUT2D eigenvalue weighted by Crippen LogP contribution is -2.67. The van der Waals surface area contributed by atoms with Crippen molar-refractivity contribution in [1.29, 1.82) is 5.26 Å². The van der Waals surface area contributed by atoms with Gasteiger partial charge < -0.3 is 32.8 Å². The normalized spacial score (nSPS) is 16.5. The van der Waals surface area contributed by atoms with Gasteiger partial charge in [0.2, 0.25) is 0 Å². The van der Waals surface area contributed by atoms with E-state index in [0.717, 1.165) is 44.6 Å².